The van der Waals surface area contributed by atoms with Crippen molar-refractivity contribution in [2.45, 2.75) is 25.5 Å². The molecule has 0 radical (unpaired) electrons. The summed E-state index contributed by atoms with van der Waals surface area (Å²) < 4.78 is 18.6. The zero-order valence-electron chi connectivity index (χ0n) is 11.3. The third kappa shape index (κ3) is 3.17. The molecule has 2 N–H and O–H groups in total. The minimum atomic E-state index is -0.230. The van der Waals surface area contributed by atoms with E-state index in [1.807, 2.05) is 24.3 Å². The number of rotatable bonds is 5. The normalized spacial score (nSPS) is 15.9. The monoisotopic (exact) mass is 271 g/mol. The average molecular weight is 271 g/mol. The molecule has 3 heteroatoms. The van der Waals surface area contributed by atoms with Gasteiger partial charge in [0.1, 0.15) is 18.2 Å². The van der Waals surface area contributed by atoms with Crippen LogP contribution in [0.3, 0.4) is 0 Å². The van der Waals surface area contributed by atoms with Gasteiger partial charge < -0.3 is 10.5 Å². The van der Waals surface area contributed by atoms with Gasteiger partial charge in [0.25, 0.3) is 0 Å². The van der Waals surface area contributed by atoms with Crippen LogP contribution in [0.5, 0.6) is 5.75 Å². The molecule has 1 saturated carbocycles. The maximum Gasteiger partial charge on any atom is 0.123 e. The summed E-state index contributed by atoms with van der Waals surface area (Å²) in [4.78, 5) is 0. The van der Waals surface area contributed by atoms with Gasteiger partial charge in [-0.25, -0.2) is 4.39 Å². The molecule has 1 unspecified atom stereocenters. The standard InChI is InChI=1S/C17H18FNO/c18-15-8-4-12(5-9-15)11-20-16-3-1-2-14(10-16)17(19)13-6-7-13/h1-5,8-10,13,17H,6-7,11,19H2. The second-order valence-corrected chi connectivity index (χ2v) is 5.35. The van der Waals surface area contributed by atoms with Gasteiger partial charge in [-0.05, 0) is 54.2 Å². The molecule has 0 aliphatic heterocycles. The van der Waals surface area contributed by atoms with Crippen molar-refractivity contribution in [3.63, 3.8) is 0 Å². The average Bonchev–Trinajstić information content (AvgIpc) is 3.31. The van der Waals surface area contributed by atoms with E-state index in [9.17, 15) is 4.39 Å². The van der Waals surface area contributed by atoms with Crippen molar-refractivity contribution in [3.05, 3.63) is 65.5 Å². The first-order valence-corrected chi connectivity index (χ1v) is 6.95. The molecule has 0 saturated heterocycles. The van der Waals surface area contributed by atoms with Crippen LogP contribution in [0.1, 0.15) is 30.0 Å². The lowest BCUT2D eigenvalue weighted by Gasteiger charge is -2.13. The molecule has 20 heavy (non-hydrogen) atoms. The first-order valence-electron chi connectivity index (χ1n) is 6.95. The minimum absolute atomic E-state index is 0.115. The topological polar surface area (TPSA) is 35.2 Å². The van der Waals surface area contributed by atoms with E-state index in [1.54, 1.807) is 12.1 Å². The van der Waals surface area contributed by atoms with Crippen molar-refractivity contribution < 1.29 is 9.13 Å². The van der Waals surface area contributed by atoms with Crippen LogP contribution in [0.2, 0.25) is 0 Å². The van der Waals surface area contributed by atoms with Crippen molar-refractivity contribution in [3.8, 4) is 5.75 Å². The second kappa shape index (κ2) is 5.63. The largest absolute Gasteiger partial charge is 0.489 e. The number of ether oxygens (including phenoxy) is 1. The van der Waals surface area contributed by atoms with Gasteiger partial charge in [-0.15, -0.1) is 0 Å². The van der Waals surface area contributed by atoms with E-state index in [4.69, 9.17) is 10.5 Å². The van der Waals surface area contributed by atoms with Crippen LogP contribution in [-0.2, 0) is 6.61 Å². The molecule has 1 atom stereocenters. The predicted octanol–water partition coefficient (Wildman–Crippen LogP) is 3.81. The lowest BCUT2D eigenvalue weighted by atomic mass is 10.0. The van der Waals surface area contributed by atoms with E-state index in [0.717, 1.165) is 16.9 Å². The first kappa shape index (κ1) is 13.1. The van der Waals surface area contributed by atoms with Crippen LogP contribution in [0.4, 0.5) is 4.39 Å². The van der Waals surface area contributed by atoms with Gasteiger partial charge in [-0.1, -0.05) is 24.3 Å². The Morgan fingerprint density at radius 2 is 1.90 bits per heavy atom. The molecule has 1 fully saturated rings. The van der Waals surface area contributed by atoms with Crippen molar-refractivity contribution in [1.82, 2.24) is 0 Å². The molecular formula is C17H18FNO. The molecule has 104 valence electrons. The van der Waals surface area contributed by atoms with E-state index >= 15 is 0 Å². The summed E-state index contributed by atoms with van der Waals surface area (Å²) in [6, 6.07) is 14.4. The summed E-state index contributed by atoms with van der Waals surface area (Å²) in [5, 5.41) is 0. The van der Waals surface area contributed by atoms with Gasteiger partial charge in [0, 0.05) is 6.04 Å². The maximum absolute atomic E-state index is 12.8. The zero-order valence-corrected chi connectivity index (χ0v) is 11.3. The fraction of sp³-hybridized carbons (Fsp3) is 0.294. The Balaban J connectivity index is 1.65. The molecule has 1 aliphatic rings. The number of halogens is 1. The number of hydrogen-bond donors (Lipinski definition) is 1. The van der Waals surface area contributed by atoms with Crippen molar-refractivity contribution >= 4 is 0 Å². The van der Waals surface area contributed by atoms with E-state index in [1.165, 1.54) is 25.0 Å². The van der Waals surface area contributed by atoms with Crippen LogP contribution in [0.25, 0.3) is 0 Å². The molecular weight excluding hydrogens is 253 g/mol. The van der Waals surface area contributed by atoms with Crippen molar-refractivity contribution in [2.24, 2.45) is 11.7 Å². The van der Waals surface area contributed by atoms with Crippen LogP contribution in [0, 0.1) is 11.7 Å². The van der Waals surface area contributed by atoms with E-state index in [2.05, 4.69) is 0 Å². The Bertz CT molecular complexity index is 578. The minimum Gasteiger partial charge on any atom is -0.489 e. The molecule has 2 aromatic rings. The van der Waals surface area contributed by atoms with E-state index in [0.29, 0.717) is 12.5 Å². The van der Waals surface area contributed by atoms with Crippen molar-refractivity contribution in [2.75, 3.05) is 0 Å². The summed E-state index contributed by atoms with van der Waals surface area (Å²) in [5.74, 6) is 1.21. The lowest BCUT2D eigenvalue weighted by Crippen LogP contribution is -2.12. The highest BCUT2D eigenvalue weighted by Gasteiger charge is 2.29. The Labute approximate surface area is 118 Å². The molecule has 2 aromatic carbocycles. The Morgan fingerprint density at radius 1 is 1.15 bits per heavy atom. The molecule has 2 nitrogen and oxygen atoms in total. The van der Waals surface area contributed by atoms with Crippen molar-refractivity contribution in [1.29, 1.82) is 0 Å². The third-order valence-electron chi connectivity index (χ3n) is 3.69. The number of benzene rings is 2. The zero-order chi connectivity index (χ0) is 13.9. The van der Waals surface area contributed by atoms with Crippen LogP contribution in [-0.4, -0.2) is 0 Å². The van der Waals surface area contributed by atoms with Gasteiger partial charge in [-0.3, -0.25) is 0 Å². The Morgan fingerprint density at radius 3 is 2.60 bits per heavy atom. The highest BCUT2D eigenvalue weighted by atomic mass is 19.1. The number of hydrogen-bond acceptors (Lipinski definition) is 2. The molecule has 0 bridgehead atoms. The molecule has 0 heterocycles. The SMILES string of the molecule is NC(c1cccc(OCc2ccc(F)cc2)c1)C1CC1. The summed E-state index contributed by atoms with van der Waals surface area (Å²) in [6.07, 6.45) is 2.45. The fourth-order valence-electron chi connectivity index (χ4n) is 2.29. The summed E-state index contributed by atoms with van der Waals surface area (Å²) in [5.41, 5.74) is 8.27. The Kier molecular flexibility index (Phi) is 3.70. The third-order valence-corrected chi connectivity index (χ3v) is 3.69. The highest BCUT2D eigenvalue weighted by molar-refractivity contribution is 5.31. The van der Waals surface area contributed by atoms with E-state index < -0.39 is 0 Å². The molecule has 1 aliphatic carbocycles. The quantitative estimate of drug-likeness (QED) is 0.897. The van der Waals surface area contributed by atoms with Crippen LogP contribution >= 0.6 is 0 Å². The van der Waals surface area contributed by atoms with Gasteiger partial charge in [0.2, 0.25) is 0 Å². The highest BCUT2D eigenvalue weighted by Crippen LogP contribution is 2.39. The summed E-state index contributed by atoms with van der Waals surface area (Å²) in [7, 11) is 0. The molecule has 3 rings (SSSR count). The summed E-state index contributed by atoms with van der Waals surface area (Å²) >= 11 is 0. The number of nitrogens with two attached hydrogens (primary N) is 1. The van der Waals surface area contributed by atoms with Gasteiger partial charge >= 0.3 is 0 Å². The second-order valence-electron chi connectivity index (χ2n) is 5.35. The first-order chi connectivity index (χ1) is 9.72. The van der Waals surface area contributed by atoms with Crippen LogP contribution < -0.4 is 10.5 Å². The molecule has 0 spiro atoms. The van der Waals surface area contributed by atoms with Gasteiger partial charge in [-0.2, -0.15) is 0 Å². The maximum atomic E-state index is 12.8. The lowest BCUT2D eigenvalue weighted by molar-refractivity contribution is 0.305. The van der Waals surface area contributed by atoms with Gasteiger partial charge in [0.05, 0.1) is 0 Å². The Hall–Kier alpha value is -1.87. The predicted molar refractivity (Wildman–Crippen MR) is 76.8 cm³/mol. The van der Waals surface area contributed by atoms with E-state index in [-0.39, 0.29) is 11.9 Å². The fourth-order valence-corrected chi connectivity index (χ4v) is 2.29. The smallest absolute Gasteiger partial charge is 0.123 e. The van der Waals surface area contributed by atoms with Crippen LogP contribution in [0.15, 0.2) is 48.5 Å². The molecule has 0 aromatic heterocycles. The molecule has 0 amide bonds. The van der Waals surface area contributed by atoms with Gasteiger partial charge in [0.15, 0.2) is 0 Å². The summed E-state index contributed by atoms with van der Waals surface area (Å²) in [6.45, 7) is 0.433.